The Morgan fingerprint density at radius 2 is 1.67 bits per heavy atom. The zero-order valence-corrected chi connectivity index (χ0v) is 22.8. The van der Waals surface area contributed by atoms with Crippen LogP contribution in [0.2, 0.25) is 0 Å². The Hall–Kier alpha value is -2.95. The van der Waals surface area contributed by atoms with Crippen LogP contribution in [0, 0.1) is 17.0 Å². The third-order valence-electron chi connectivity index (χ3n) is 7.52. The van der Waals surface area contributed by atoms with Crippen LogP contribution >= 0.6 is 7.21 Å². The molecule has 0 bridgehead atoms. The van der Waals surface area contributed by atoms with Crippen LogP contribution in [-0.2, 0) is 6.54 Å². The molecule has 2 heterocycles. The molecule has 1 atom stereocenters. The third kappa shape index (κ3) is 3.88. The first-order valence-corrected chi connectivity index (χ1v) is 14.5. The number of non-ortho nitro benzene ring substituents is 1. The van der Waals surface area contributed by atoms with Gasteiger partial charge in [-0.3, -0.25) is 14.8 Å². The molecule has 0 radical (unpaired) electrons. The molecule has 0 amide bonds. The second kappa shape index (κ2) is 9.17. The summed E-state index contributed by atoms with van der Waals surface area (Å²) in [4.78, 5) is 11.3. The van der Waals surface area contributed by atoms with Crippen molar-refractivity contribution in [2.45, 2.75) is 59.2 Å². The van der Waals surface area contributed by atoms with Crippen LogP contribution in [0.25, 0.3) is 21.8 Å². The lowest BCUT2D eigenvalue weighted by Gasteiger charge is -2.44. The lowest BCUT2D eigenvalue weighted by Crippen LogP contribution is -2.35. The number of benzene rings is 3. The smallest absolute Gasteiger partial charge is 0.271 e. The quantitative estimate of drug-likeness (QED) is 0.158. The molecule has 0 saturated carbocycles. The average Bonchev–Trinajstić information content (AvgIpc) is 3.49. The summed E-state index contributed by atoms with van der Waals surface area (Å²) in [6, 6.07) is 20.6. The van der Waals surface area contributed by atoms with E-state index in [0.717, 1.165) is 43.7 Å². The van der Waals surface area contributed by atoms with Gasteiger partial charge >= 0.3 is 0 Å². The summed E-state index contributed by atoms with van der Waals surface area (Å²) >= 11 is 0. The van der Waals surface area contributed by atoms with Gasteiger partial charge in [0.15, 0.2) is 0 Å². The third-order valence-corrected chi connectivity index (χ3v) is 12.1. The van der Waals surface area contributed by atoms with Crippen LogP contribution in [0.1, 0.15) is 46.1 Å². The molecule has 0 aliphatic carbocycles. The summed E-state index contributed by atoms with van der Waals surface area (Å²) in [5, 5.41) is 15.2. The van der Waals surface area contributed by atoms with Gasteiger partial charge in [-0.05, 0) is 56.5 Å². The van der Waals surface area contributed by atoms with Crippen LogP contribution in [-0.4, -0.2) is 32.4 Å². The summed E-state index contributed by atoms with van der Waals surface area (Å²) in [5.74, 6) is 0. The number of fused-ring (bicyclic) bond motifs is 3. The lowest BCUT2D eigenvalue weighted by atomic mass is 10.1. The van der Waals surface area contributed by atoms with E-state index in [2.05, 4.69) is 79.4 Å². The van der Waals surface area contributed by atoms with Crippen molar-refractivity contribution in [3.63, 3.8) is 0 Å². The summed E-state index contributed by atoms with van der Waals surface area (Å²) < 4.78 is 10.6. The minimum Gasteiger partial charge on any atom is -0.341 e. The van der Waals surface area contributed by atoms with Gasteiger partial charge in [-0.1, -0.05) is 45.0 Å². The van der Waals surface area contributed by atoms with Gasteiger partial charge < -0.3 is 4.57 Å². The summed E-state index contributed by atoms with van der Waals surface area (Å²) in [5.41, 5.74) is 4.28. The van der Waals surface area contributed by atoms with Crippen molar-refractivity contribution in [1.29, 1.82) is 0 Å². The van der Waals surface area contributed by atoms with Gasteiger partial charge in [-0.25, -0.2) is 4.74 Å². The molecular formula is C29H35N4O2P. The first kappa shape index (κ1) is 24.7. The van der Waals surface area contributed by atoms with Gasteiger partial charge in [0.1, 0.15) is 0 Å². The van der Waals surface area contributed by atoms with E-state index in [0.29, 0.717) is 0 Å². The molecule has 1 unspecified atom stereocenters. The Kier molecular flexibility index (Phi) is 6.30. The van der Waals surface area contributed by atoms with E-state index in [-0.39, 0.29) is 15.8 Å². The summed E-state index contributed by atoms with van der Waals surface area (Å²) in [6.45, 7) is 14.0. The molecular weight excluding hydrogens is 467 g/mol. The Balaban J connectivity index is 1.88. The number of aryl methyl sites for hydroxylation is 2. The van der Waals surface area contributed by atoms with Gasteiger partial charge in [0.05, 0.1) is 17.8 Å². The van der Waals surface area contributed by atoms with E-state index in [1.54, 1.807) is 12.1 Å². The number of para-hydroxylation sites is 1. The maximum absolute atomic E-state index is 11.6. The molecule has 1 aliphatic heterocycles. The highest BCUT2D eigenvalue weighted by Crippen LogP contribution is 2.65. The predicted octanol–water partition coefficient (Wildman–Crippen LogP) is 8.00. The van der Waals surface area contributed by atoms with Crippen LogP contribution in [0.4, 0.5) is 11.4 Å². The van der Waals surface area contributed by atoms with Crippen molar-refractivity contribution in [3.8, 4) is 0 Å². The van der Waals surface area contributed by atoms with Gasteiger partial charge in [0, 0.05) is 64.0 Å². The fraction of sp³-hybridized carbons (Fsp3) is 0.379. The number of rotatable bonds is 5. The Morgan fingerprint density at radius 1 is 0.972 bits per heavy atom. The second-order valence-electron chi connectivity index (χ2n) is 10.7. The number of aromatic nitrogens is 1. The SMILES string of the molecule is CCn1c2ccccc2c2cc(P(=Nc3cc([N+](=O)[O-])ccc3C)(N3CCCC3)C(C)(C)C)ccc21. The minimum absolute atomic E-state index is 0.0919. The van der Waals surface area contributed by atoms with E-state index in [1.165, 1.54) is 27.1 Å². The molecule has 0 spiro atoms. The molecule has 6 nitrogen and oxygen atoms in total. The van der Waals surface area contributed by atoms with Crippen molar-refractivity contribution in [3.05, 3.63) is 76.3 Å². The minimum atomic E-state index is -2.33. The Bertz CT molecular complexity index is 1520. The largest absolute Gasteiger partial charge is 0.341 e. The molecule has 1 aliphatic rings. The monoisotopic (exact) mass is 502 g/mol. The van der Waals surface area contributed by atoms with E-state index in [1.807, 2.05) is 13.0 Å². The van der Waals surface area contributed by atoms with Gasteiger partial charge in [-0.2, -0.15) is 0 Å². The fourth-order valence-corrected chi connectivity index (χ4v) is 10.3. The fourth-order valence-electron chi connectivity index (χ4n) is 5.79. The number of nitrogens with zero attached hydrogens (tertiary/aromatic N) is 4. The van der Waals surface area contributed by atoms with Crippen LogP contribution in [0.15, 0.2) is 65.4 Å². The van der Waals surface area contributed by atoms with Gasteiger partial charge in [0.25, 0.3) is 5.69 Å². The summed E-state index contributed by atoms with van der Waals surface area (Å²) in [7, 11) is -2.33. The van der Waals surface area contributed by atoms with E-state index < -0.39 is 7.21 Å². The standard InChI is InChI=1S/C29H35N4O2P/c1-6-32-27-12-8-7-11-24(27)25-20-23(15-16-28(25)32)36(29(3,4)5,31-17-9-10-18-31)30-26-19-22(33(34)35)14-13-21(26)2/h7-8,11-16,19-20H,6,9-10,17-18H2,1-5H3. The number of hydrogen-bond donors (Lipinski definition) is 0. The van der Waals surface area contributed by atoms with Gasteiger partial charge in [-0.15, -0.1) is 0 Å². The molecule has 7 heteroatoms. The predicted molar refractivity (Wildman–Crippen MR) is 152 cm³/mol. The van der Waals surface area contributed by atoms with Crippen LogP contribution in [0.3, 0.4) is 0 Å². The normalized spacial score (nSPS) is 16.5. The van der Waals surface area contributed by atoms with E-state index >= 15 is 0 Å². The zero-order chi connectivity index (χ0) is 25.7. The molecule has 0 N–H and O–H groups in total. The van der Waals surface area contributed by atoms with Crippen LogP contribution in [0.5, 0.6) is 0 Å². The molecule has 1 saturated heterocycles. The van der Waals surface area contributed by atoms with Gasteiger partial charge in [0.2, 0.25) is 0 Å². The topological polar surface area (TPSA) is 63.7 Å². The molecule has 3 aromatic carbocycles. The Morgan fingerprint density at radius 3 is 2.33 bits per heavy atom. The highest BCUT2D eigenvalue weighted by Gasteiger charge is 2.42. The van der Waals surface area contributed by atoms with Crippen LogP contribution < -0.4 is 5.30 Å². The van der Waals surface area contributed by atoms with Crippen molar-refractivity contribution < 1.29 is 4.92 Å². The van der Waals surface area contributed by atoms with E-state index in [9.17, 15) is 10.1 Å². The van der Waals surface area contributed by atoms with Crippen molar-refractivity contribution in [2.75, 3.05) is 13.1 Å². The van der Waals surface area contributed by atoms with Crippen molar-refractivity contribution in [1.82, 2.24) is 9.24 Å². The first-order valence-electron chi connectivity index (χ1n) is 12.8. The number of hydrogen-bond acceptors (Lipinski definition) is 3. The molecule has 36 heavy (non-hydrogen) atoms. The maximum atomic E-state index is 11.6. The average molecular weight is 503 g/mol. The van der Waals surface area contributed by atoms with Crippen molar-refractivity contribution in [2.24, 2.45) is 4.74 Å². The molecule has 1 fully saturated rings. The first-order chi connectivity index (χ1) is 17.2. The lowest BCUT2D eigenvalue weighted by molar-refractivity contribution is -0.384. The molecule has 1 aromatic heterocycles. The molecule has 5 rings (SSSR count). The zero-order valence-electron chi connectivity index (χ0n) is 21.9. The number of nitro benzene ring substituents is 1. The maximum Gasteiger partial charge on any atom is 0.271 e. The highest BCUT2D eigenvalue weighted by atomic mass is 31.2. The molecule has 4 aromatic rings. The van der Waals surface area contributed by atoms with E-state index in [4.69, 9.17) is 4.74 Å². The number of nitro groups is 1. The Labute approximate surface area is 213 Å². The molecule has 188 valence electrons. The highest BCUT2D eigenvalue weighted by molar-refractivity contribution is 7.73. The second-order valence-corrected chi connectivity index (χ2v) is 14.5. The summed E-state index contributed by atoms with van der Waals surface area (Å²) in [6.07, 6.45) is 2.30. The van der Waals surface area contributed by atoms with Crippen molar-refractivity contribution >= 4 is 45.7 Å².